The number of nitro groups is 1. The van der Waals surface area contributed by atoms with Crippen LogP contribution in [0.2, 0.25) is 5.02 Å². The number of nitro benzene ring substituents is 1. The summed E-state index contributed by atoms with van der Waals surface area (Å²) >= 11 is 5.99. The number of benzene rings is 2. The van der Waals surface area contributed by atoms with Crippen molar-refractivity contribution in [3.63, 3.8) is 0 Å². The predicted molar refractivity (Wildman–Crippen MR) is 132 cm³/mol. The van der Waals surface area contributed by atoms with E-state index in [0.29, 0.717) is 10.6 Å². The number of hydrogen-bond acceptors (Lipinski definition) is 6. The maximum absolute atomic E-state index is 13.8. The number of nitrogens with zero attached hydrogens (tertiary/aromatic N) is 4. The Labute approximate surface area is 213 Å². The summed E-state index contributed by atoms with van der Waals surface area (Å²) < 4.78 is 28.7. The highest BCUT2D eigenvalue weighted by Gasteiger charge is 2.47. The number of carbonyl (C=O) groups is 2. The molecule has 2 aromatic rings. The van der Waals surface area contributed by atoms with Crippen LogP contribution in [0.3, 0.4) is 0 Å². The van der Waals surface area contributed by atoms with Gasteiger partial charge in [-0.2, -0.15) is 0 Å². The summed E-state index contributed by atoms with van der Waals surface area (Å²) in [4.78, 5) is 39.7. The lowest BCUT2D eigenvalue weighted by molar-refractivity contribution is -0.385. The molecule has 10 nitrogen and oxygen atoms in total. The number of carbonyl (C=O) groups excluding carboxylic acids is 2. The first-order valence-electron chi connectivity index (χ1n) is 11.3. The summed E-state index contributed by atoms with van der Waals surface area (Å²) in [5.74, 6) is -0.661. The molecule has 0 radical (unpaired) electrons. The number of halogens is 1. The van der Waals surface area contributed by atoms with Crippen LogP contribution in [0.1, 0.15) is 31.4 Å². The molecule has 1 unspecified atom stereocenters. The molecule has 1 atom stereocenters. The Kier molecular flexibility index (Phi) is 6.80. The second-order valence-electron chi connectivity index (χ2n) is 8.97. The standard InChI is InChI=1S/C24H25ClN4O6S/c1-15(2)26-14-22-27(36(34,35)21-13-19(29(32)33)9-4-16(21)3)11-10-23(30)28(22)20(24(26)31)12-17-5-7-18(25)8-6-17/h4-9,13-15,20H,10-12H2,1-3H3. The molecule has 0 aliphatic carbocycles. The minimum absolute atomic E-state index is 0.0458. The van der Waals surface area contributed by atoms with Crippen LogP contribution < -0.4 is 0 Å². The predicted octanol–water partition coefficient (Wildman–Crippen LogP) is 3.44. The van der Waals surface area contributed by atoms with Crippen molar-refractivity contribution in [1.82, 2.24) is 14.1 Å². The number of sulfonamides is 1. The monoisotopic (exact) mass is 532 g/mol. The van der Waals surface area contributed by atoms with Gasteiger partial charge >= 0.3 is 0 Å². The van der Waals surface area contributed by atoms with Crippen LogP contribution in [0.5, 0.6) is 0 Å². The van der Waals surface area contributed by atoms with Crippen LogP contribution in [0.15, 0.2) is 59.4 Å². The molecule has 1 saturated heterocycles. The molecule has 0 bridgehead atoms. The molecule has 12 heteroatoms. The number of non-ortho nitro benzene ring substituents is 1. The molecule has 2 aliphatic rings. The van der Waals surface area contributed by atoms with E-state index >= 15 is 0 Å². The zero-order chi connectivity index (χ0) is 26.4. The van der Waals surface area contributed by atoms with E-state index in [-0.39, 0.29) is 53.6 Å². The highest BCUT2D eigenvalue weighted by molar-refractivity contribution is 7.89. The van der Waals surface area contributed by atoms with Gasteiger partial charge in [-0.05, 0) is 44.0 Å². The molecule has 2 aromatic carbocycles. The number of amides is 2. The van der Waals surface area contributed by atoms with Gasteiger partial charge in [0.1, 0.15) is 11.9 Å². The fourth-order valence-electron chi connectivity index (χ4n) is 4.38. The Balaban J connectivity index is 1.82. The van der Waals surface area contributed by atoms with Gasteiger partial charge in [0, 0.05) is 48.8 Å². The lowest BCUT2D eigenvalue weighted by Gasteiger charge is -2.47. The zero-order valence-electron chi connectivity index (χ0n) is 19.9. The lowest BCUT2D eigenvalue weighted by atomic mass is 10.00. The average Bonchev–Trinajstić information content (AvgIpc) is 2.81. The van der Waals surface area contributed by atoms with Crippen molar-refractivity contribution in [2.45, 2.75) is 50.6 Å². The van der Waals surface area contributed by atoms with Gasteiger partial charge in [0.2, 0.25) is 11.8 Å². The molecule has 4 rings (SSSR count). The summed E-state index contributed by atoms with van der Waals surface area (Å²) in [6.45, 7) is 4.97. The third-order valence-corrected chi connectivity index (χ3v) is 8.45. The van der Waals surface area contributed by atoms with E-state index in [1.807, 2.05) is 0 Å². The van der Waals surface area contributed by atoms with Crippen LogP contribution in [-0.4, -0.2) is 57.9 Å². The third-order valence-electron chi connectivity index (χ3n) is 6.25. The normalized spacial score (nSPS) is 18.4. The van der Waals surface area contributed by atoms with E-state index in [1.165, 1.54) is 28.1 Å². The first-order chi connectivity index (χ1) is 16.9. The molecule has 2 heterocycles. The number of rotatable bonds is 6. The largest absolute Gasteiger partial charge is 0.311 e. The molecule has 2 aliphatic heterocycles. The summed E-state index contributed by atoms with van der Waals surface area (Å²) in [5, 5.41) is 11.8. The van der Waals surface area contributed by atoms with Crippen molar-refractivity contribution in [2.24, 2.45) is 0 Å². The van der Waals surface area contributed by atoms with Gasteiger partial charge in [-0.3, -0.25) is 24.6 Å². The molecular formula is C24H25ClN4O6S. The van der Waals surface area contributed by atoms with Crippen LogP contribution in [-0.2, 0) is 26.0 Å². The molecule has 0 aromatic heterocycles. The topological polar surface area (TPSA) is 121 Å². The van der Waals surface area contributed by atoms with Gasteiger partial charge in [-0.25, -0.2) is 12.7 Å². The Hall–Kier alpha value is -3.44. The molecule has 1 fully saturated rings. The first kappa shape index (κ1) is 25.6. The average molecular weight is 533 g/mol. The number of hydrogen-bond donors (Lipinski definition) is 0. The summed E-state index contributed by atoms with van der Waals surface area (Å²) in [6, 6.07) is 9.23. The quantitative estimate of drug-likeness (QED) is 0.415. The van der Waals surface area contributed by atoms with Gasteiger partial charge in [-0.15, -0.1) is 0 Å². The maximum Gasteiger partial charge on any atom is 0.270 e. The van der Waals surface area contributed by atoms with Crippen molar-refractivity contribution < 1.29 is 22.9 Å². The summed E-state index contributed by atoms with van der Waals surface area (Å²) in [7, 11) is -4.30. The fourth-order valence-corrected chi connectivity index (χ4v) is 6.20. The van der Waals surface area contributed by atoms with Crippen molar-refractivity contribution in [3.05, 3.63) is 80.7 Å². The van der Waals surface area contributed by atoms with E-state index in [2.05, 4.69) is 0 Å². The van der Waals surface area contributed by atoms with Crippen LogP contribution in [0, 0.1) is 17.0 Å². The lowest BCUT2D eigenvalue weighted by Crippen LogP contribution is -2.61. The van der Waals surface area contributed by atoms with Crippen molar-refractivity contribution in [2.75, 3.05) is 6.54 Å². The van der Waals surface area contributed by atoms with Crippen molar-refractivity contribution in [3.8, 4) is 0 Å². The van der Waals surface area contributed by atoms with E-state index in [9.17, 15) is 28.1 Å². The second-order valence-corrected chi connectivity index (χ2v) is 11.2. The van der Waals surface area contributed by atoms with Crippen molar-refractivity contribution >= 4 is 39.1 Å². The van der Waals surface area contributed by atoms with Crippen LogP contribution in [0.4, 0.5) is 5.69 Å². The molecule has 0 N–H and O–H groups in total. The summed E-state index contributed by atoms with van der Waals surface area (Å²) in [5.41, 5.74) is 0.723. The third kappa shape index (κ3) is 4.56. The molecule has 190 valence electrons. The Morgan fingerprint density at radius 3 is 2.42 bits per heavy atom. The highest BCUT2D eigenvalue weighted by Crippen LogP contribution is 2.35. The van der Waals surface area contributed by atoms with Crippen LogP contribution in [0.25, 0.3) is 0 Å². The van der Waals surface area contributed by atoms with Gasteiger partial charge in [0.15, 0.2) is 0 Å². The van der Waals surface area contributed by atoms with Gasteiger partial charge in [0.25, 0.3) is 15.7 Å². The smallest absolute Gasteiger partial charge is 0.270 e. The van der Waals surface area contributed by atoms with Crippen LogP contribution >= 0.6 is 11.6 Å². The van der Waals surface area contributed by atoms with E-state index in [0.717, 1.165) is 15.9 Å². The van der Waals surface area contributed by atoms with Gasteiger partial charge < -0.3 is 4.90 Å². The van der Waals surface area contributed by atoms with Crippen molar-refractivity contribution in [1.29, 1.82) is 0 Å². The number of aryl methyl sites for hydroxylation is 1. The Morgan fingerprint density at radius 1 is 1.14 bits per heavy atom. The Bertz CT molecular complexity index is 1370. The van der Waals surface area contributed by atoms with E-state index in [4.69, 9.17) is 11.6 Å². The fraction of sp³-hybridized carbons (Fsp3) is 0.333. The first-order valence-corrected chi connectivity index (χ1v) is 13.1. The zero-order valence-corrected chi connectivity index (χ0v) is 21.5. The Morgan fingerprint density at radius 2 is 1.81 bits per heavy atom. The van der Waals surface area contributed by atoms with E-state index < -0.39 is 21.0 Å². The minimum atomic E-state index is -4.30. The number of fused-ring (bicyclic) bond motifs is 1. The molecule has 0 spiro atoms. The highest BCUT2D eigenvalue weighted by atomic mass is 35.5. The van der Waals surface area contributed by atoms with E-state index in [1.54, 1.807) is 45.0 Å². The molecule has 36 heavy (non-hydrogen) atoms. The van der Waals surface area contributed by atoms with Gasteiger partial charge in [0.05, 0.1) is 9.82 Å². The second kappa shape index (κ2) is 9.55. The molecule has 0 saturated carbocycles. The molecule has 2 amide bonds. The summed E-state index contributed by atoms with van der Waals surface area (Å²) in [6.07, 6.45) is 1.40. The molecular weight excluding hydrogens is 508 g/mol. The van der Waals surface area contributed by atoms with Gasteiger partial charge in [-0.1, -0.05) is 29.8 Å². The maximum atomic E-state index is 13.8. The SMILES string of the molecule is Cc1ccc([N+](=O)[O-])cc1S(=O)(=O)N1CCC(=O)N2C1=CN(C(C)C)C(=O)C2Cc1ccc(Cl)cc1. The minimum Gasteiger partial charge on any atom is -0.311 e.